The van der Waals surface area contributed by atoms with E-state index in [4.69, 9.17) is 0 Å². The lowest BCUT2D eigenvalue weighted by Crippen LogP contribution is -2.32. The number of rotatable bonds is 13. The zero-order valence-electron chi connectivity index (χ0n) is 23.7. The van der Waals surface area contributed by atoms with Crippen LogP contribution in [0.5, 0.6) is 0 Å². The number of carbonyl (C=O) groups excluding carboxylic acids is 2. The van der Waals surface area contributed by atoms with Crippen LogP contribution < -0.4 is 15.8 Å². The number of thioether (sulfide) groups is 1. The fourth-order valence-electron chi connectivity index (χ4n) is 3.79. The van der Waals surface area contributed by atoms with Crippen molar-refractivity contribution in [3.05, 3.63) is 64.0 Å². The molecule has 0 saturated heterocycles. The Morgan fingerprint density at radius 2 is 1.60 bits per heavy atom. The van der Waals surface area contributed by atoms with Crippen LogP contribution in [0.15, 0.2) is 47.4 Å². The predicted molar refractivity (Wildman–Crippen MR) is 156 cm³/mol. The maximum absolute atomic E-state index is 12.9. The summed E-state index contributed by atoms with van der Waals surface area (Å²) in [6.07, 6.45) is 2.81. The zero-order valence-corrected chi connectivity index (χ0v) is 25.4. The van der Waals surface area contributed by atoms with E-state index in [-0.39, 0.29) is 59.7 Å². The van der Waals surface area contributed by atoms with E-state index in [0.29, 0.717) is 29.8 Å². The molecule has 0 radical (unpaired) electrons. The SMILES string of the molecule is C=c1ccc(C(=O)NCCSC(F)(F)F)c/c1=C/N(C)CC(CC)CCC(=O)c1ccc(S(F)(F)(F)(F)F)cc1.CC. The molecule has 1 unspecified atom stereocenters. The third-order valence-electron chi connectivity index (χ3n) is 5.95. The van der Waals surface area contributed by atoms with Gasteiger partial charge in [-0.1, -0.05) is 59.3 Å². The van der Waals surface area contributed by atoms with Crippen molar-refractivity contribution in [3.63, 3.8) is 0 Å². The molecule has 0 saturated carbocycles. The first-order valence-corrected chi connectivity index (χ1v) is 16.0. The number of hydrogen-bond acceptors (Lipinski definition) is 4. The van der Waals surface area contributed by atoms with Gasteiger partial charge in [0.1, 0.15) is 4.90 Å². The van der Waals surface area contributed by atoms with Crippen LogP contribution in [0.2, 0.25) is 0 Å². The quantitative estimate of drug-likeness (QED) is 0.135. The fraction of sp³-hybridized carbons (Fsp3) is 0.429. The largest absolute Gasteiger partial charge is 0.441 e. The van der Waals surface area contributed by atoms with Gasteiger partial charge in [-0.2, -0.15) is 13.2 Å². The van der Waals surface area contributed by atoms with Crippen LogP contribution in [-0.2, 0) is 0 Å². The molecule has 2 aromatic rings. The molecule has 1 amide bonds. The van der Waals surface area contributed by atoms with Crippen LogP contribution in [0.3, 0.4) is 0 Å². The van der Waals surface area contributed by atoms with E-state index < -0.39 is 32.3 Å². The zero-order chi connectivity index (χ0) is 32.4. The van der Waals surface area contributed by atoms with Crippen molar-refractivity contribution >= 4 is 46.5 Å². The molecule has 14 heteroatoms. The monoisotopic (exact) mass is 648 g/mol. The molecule has 42 heavy (non-hydrogen) atoms. The second-order valence-electron chi connectivity index (χ2n) is 9.26. The topological polar surface area (TPSA) is 49.4 Å². The molecule has 0 aromatic heterocycles. The summed E-state index contributed by atoms with van der Waals surface area (Å²) in [6.45, 7) is 10.1. The minimum absolute atomic E-state index is 0.0000427. The van der Waals surface area contributed by atoms with Crippen molar-refractivity contribution in [1.29, 1.82) is 0 Å². The van der Waals surface area contributed by atoms with Crippen molar-refractivity contribution < 1.29 is 42.2 Å². The molecule has 1 atom stereocenters. The molecule has 2 aromatic carbocycles. The highest BCUT2D eigenvalue weighted by Crippen LogP contribution is 3.02. The predicted octanol–water partition coefficient (Wildman–Crippen LogP) is 8.12. The lowest BCUT2D eigenvalue weighted by Gasteiger charge is -2.40. The molecule has 238 valence electrons. The van der Waals surface area contributed by atoms with Gasteiger partial charge in [-0.25, -0.2) is 0 Å². The number of alkyl halides is 3. The molecule has 0 bridgehead atoms. The highest BCUT2D eigenvalue weighted by atomic mass is 32.5. The molecular weight excluding hydrogens is 612 g/mol. The summed E-state index contributed by atoms with van der Waals surface area (Å²) in [5.41, 5.74) is -4.22. The summed E-state index contributed by atoms with van der Waals surface area (Å²) in [5.74, 6) is -1.31. The number of nitrogens with zero attached hydrogens (tertiary/aromatic N) is 1. The molecule has 0 aliphatic heterocycles. The van der Waals surface area contributed by atoms with Gasteiger partial charge in [0.25, 0.3) is 5.91 Å². The van der Waals surface area contributed by atoms with E-state index in [0.717, 1.165) is 12.1 Å². The lowest BCUT2D eigenvalue weighted by atomic mass is 9.96. The average Bonchev–Trinajstić information content (AvgIpc) is 2.89. The number of nitrogens with one attached hydrogen (secondary N) is 1. The minimum atomic E-state index is -9.81. The van der Waals surface area contributed by atoms with Gasteiger partial charge in [0.05, 0.1) is 0 Å². The molecule has 0 heterocycles. The summed E-state index contributed by atoms with van der Waals surface area (Å²) in [7, 11) is -8.04. The van der Waals surface area contributed by atoms with Crippen LogP contribution >= 0.6 is 22.0 Å². The Morgan fingerprint density at radius 3 is 2.12 bits per heavy atom. The number of carbonyl (C=O) groups is 2. The summed E-state index contributed by atoms with van der Waals surface area (Å²) in [5, 5.41) is 3.65. The Balaban J connectivity index is 0.00000431. The first kappa shape index (κ1) is 37.3. The van der Waals surface area contributed by atoms with E-state index in [1.807, 2.05) is 25.7 Å². The molecule has 0 spiro atoms. The Bertz CT molecular complexity index is 1320. The molecule has 0 aliphatic rings. The summed E-state index contributed by atoms with van der Waals surface area (Å²) in [6, 6.07) is 6.63. The van der Waals surface area contributed by atoms with Crippen molar-refractivity contribution in [3.8, 4) is 0 Å². The van der Waals surface area contributed by atoms with Gasteiger partial charge in [0.2, 0.25) is 0 Å². The van der Waals surface area contributed by atoms with Crippen molar-refractivity contribution in [2.45, 2.75) is 50.4 Å². The van der Waals surface area contributed by atoms with E-state index in [1.54, 1.807) is 25.4 Å². The highest BCUT2D eigenvalue weighted by Gasteiger charge is 2.65. The smallest absolute Gasteiger partial charge is 0.380 e. The van der Waals surface area contributed by atoms with Gasteiger partial charge in [-0.3, -0.25) is 9.59 Å². The molecule has 0 aliphatic carbocycles. The first-order chi connectivity index (χ1) is 19.2. The van der Waals surface area contributed by atoms with E-state index >= 15 is 0 Å². The molecule has 0 fully saturated rings. The van der Waals surface area contributed by atoms with Gasteiger partial charge < -0.3 is 10.2 Å². The molecule has 2 rings (SSSR count). The van der Waals surface area contributed by atoms with Gasteiger partial charge in [0.15, 0.2) is 5.78 Å². The van der Waals surface area contributed by atoms with Crippen LogP contribution in [0, 0.1) is 5.92 Å². The second-order valence-corrected chi connectivity index (χ2v) is 12.8. The maximum Gasteiger partial charge on any atom is 0.441 e. The third-order valence-corrected chi connectivity index (χ3v) is 7.84. The Hall–Kier alpha value is -2.74. The van der Waals surface area contributed by atoms with Crippen LogP contribution in [0.4, 0.5) is 32.6 Å². The van der Waals surface area contributed by atoms with E-state index in [9.17, 15) is 42.2 Å². The minimum Gasteiger partial charge on any atom is -0.380 e. The lowest BCUT2D eigenvalue weighted by molar-refractivity contribution is -0.0327. The van der Waals surface area contributed by atoms with Gasteiger partial charge in [-0.05, 0) is 70.9 Å². The maximum atomic E-state index is 12.9. The number of hydrogen-bond donors (Lipinski definition) is 1. The van der Waals surface area contributed by atoms with Gasteiger partial charge in [-0.15, -0.1) is 0 Å². The normalized spacial score (nSPS) is 14.6. The van der Waals surface area contributed by atoms with Gasteiger partial charge in [0, 0.05) is 49.6 Å². The number of ketones is 1. The summed E-state index contributed by atoms with van der Waals surface area (Å²) in [4.78, 5) is 24.6. The molecule has 4 nitrogen and oxygen atoms in total. The van der Waals surface area contributed by atoms with Crippen LogP contribution in [-0.4, -0.2) is 48.0 Å². The average molecular weight is 649 g/mol. The number of amides is 1. The number of halogens is 8. The molecule has 1 N–H and O–H groups in total. The molecular formula is C28H36F8N2O2S2. The van der Waals surface area contributed by atoms with Crippen molar-refractivity contribution in [2.24, 2.45) is 5.92 Å². The Labute approximate surface area is 245 Å². The summed E-state index contributed by atoms with van der Waals surface area (Å²) < 4.78 is 101. The third kappa shape index (κ3) is 13.1. The second kappa shape index (κ2) is 14.2. The Morgan fingerprint density at radius 1 is 1.02 bits per heavy atom. The number of Topliss-reactive ketones (excluding diaryl/α,β-unsaturated/α-hetero) is 1. The van der Waals surface area contributed by atoms with Crippen molar-refractivity contribution in [2.75, 3.05) is 25.9 Å². The number of benzene rings is 2. The van der Waals surface area contributed by atoms with Crippen molar-refractivity contribution in [1.82, 2.24) is 10.2 Å². The van der Waals surface area contributed by atoms with Crippen LogP contribution in [0.25, 0.3) is 12.8 Å². The van der Waals surface area contributed by atoms with Crippen LogP contribution in [0.1, 0.15) is 60.7 Å². The standard InChI is InChI=1S/C26H30F8N2O2S2.C2H6/c1-4-19(6-12-24(37)20-8-10-23(11-9-20)40(30,31,32,33)34)16-36(3)17-22-15-21(7-5-18(22)2)25(38)35-13-14-39-26(27,28)29;1-2/h5,7-11,15,17,19H,2,4,6,12-14,16H2,1,3H3,(H,35,38);1-2H3/b22-17-;. The summed E-state index contributed by atoms with van der Waals surface area (Å²) >= 11 is -0.228. The van der Waals surface area contributed by atoms with E-state index in [2.05, 4.69) is 11.9 Å². The van der Waals surface area contributed by atoms with Gasteiger partial charge >= 0.3 is 15.7 Å². The highest BCUT2D eigenvalue weighted by molar-refractivity contribution is 8.45. The Kier molecular flexibility index (Phi) is 12.6. The first-order valence-electron chi connectivity index (χ1n) is 13.1. The van der Waals surface area contributed by atoms with E-state index in [1.165, 1.54) is 6.07 Å². The fourth-order valence-corrected chi connectivity index (χ4v) is 4.88.